The third-order valence-electron chi connectivity index (χ3n) is 2.47. The van der Waals surface area contributed by atoms with Crippen molar-refractivity contribution in [2.24, 2.45) is 0 Å². The Labute approximate surface area is 103 Å². The molecular formula is C13H10ClF2N. The first-order valence-electron chi connectivity index (χ1n) is 5.15. The molecule has 0 bridgehead atoms. The number of alkyl halides is 1. The fourth-order valence-electron chi connectivity index (χ4n) is 1.55. The third kappa shape index (κ3) is 3.01. The summed E-state index contributed by atoms with van der Waals surface area (Å²) in [6.45, 7) is 0. The first kappa shape index (κ1) is 12.0. The molecule has 1 nitrogen and oxygen atoms in total. The summed E-state index contributed by atoms with van der Waals surface area (Å²) in [7, 11) is 0. The normalized spacial score (nSPS) is 12.4. The largest absolute Gasteiger partial charge is 0.265 e. The third-order valence-corrected chi connectivity index (χ3v) is 2.88. The van der Waals surface area contributed by atoms with Crippen molar-refractivity contribution in [2.45, 2.75) is 11.8 Å². The average molecular weight is 254 g/mol. The Hall–Kier alpha value is -1.48. The number of benzene rings is 1. The van der Waals surface area contributed by atoms with Crippen molar-refractivity contribution in [1.82, 2.24) is 4.98 Å². The molecule has 1 aromatic carbocycles. The van der Waals surface area contributed by atoms with Gasteiger partial charge in [0.15, 0.2) is 11.6 Å². The summed E-state index contributed by atoms with van der Waals surface area (Å²) in [5.41, 5.74) is 1.58. The van der Waals surface area contributed by atoms with E-state index in [9.17, 15) is 8.78 Å². The molecule has 1 atom stereocenters. The molecule has 0 aliphatic rings. The fourth-order valence-corrected chi connectivity index (χ4v) is 1.86. The van der Waals surface area contributed by atoms with Crippen molar-refractivity contribution < 1.29 is 8.78 Å². The topological polar surface area (TPSA) is 12.9 Å². The van der Waals surface area contributed by atoms with Gasteiger partial charge in [0.25, 0.3) is 0 Å². The minimum atomic E-state index is -0.872. The highest BCUT2D eigenvalue weighted by Gasteiger charge is 2.11. The predicted octanol–water partition coefficient (Wildman–Crippen LogP) is 3.88. The molecule has 0 N–H and O–H groups in total. The summed E-state index contributed by atoms with van der Waals surface area (Å²) in [4.78, 5) is 3.90. The molecule has 2 aromatic rings. The van der Waals surface area contributed by atoms with E-state index in [0.717, 1.165) is 17.7 Å². The molecule has 17 heavy (non-hydrogen) atoms. The highest BCUT2D eigenvalue weighted by atomic mass is 35.5. The molecule has 88 valence electrons. The zero-order chi connectivity index (χ0) is 12.3. The summed E-state index contributed by atoms with van der Waals surface area (Å²) in [6, 6.07) is 7.41. The van der Waals surface area contributed by atoms with Crippen LogP contribution in [0.25, 0.3) is 0 Å². The van der Waals surface area contributed by atoms with Crippen LogP contribution in [0, 0.1) is 11.6 Å². The lowest BCUT2D eigenvalue weighted by molar-refractivity contribution is 0.507. The van der Waals surface area contributed by atoms with Crippen LogP contribution in [0.5, 0.6) is 0 Å². The summed E-state index contributed by atoms with van der Waals surface area (Å²) in [5, 5.41) is -0.382. The Morgan fingerprint density at radius 2 is 1.76 bits per heavy atom. The minimum Gasteiger partial charge on any atom is -0.265 e. The molecule has 1 unspecified atom stereocenters. The van der Waals surface area contributed by atoms with E-state index in [4.69, 9.17) is 11.6 Å². The number of hydrogen-bond acceptors (Lipinski definition) is 1. The molecule has 0 saturated carbocycles. The first-order chi connectivity index (χ1) is 8.16. The van der Waals surface area contributed by atoms with Crippen LogP contribution in [-0.2, 0) is 6.42 Å². The summed E-state index contributed by atoms with van der Waals surface area (Å²) >= 11 is 6.16. The fraction of sp³-hybridized carbons (Fsp3) is 0.154. The zero-order valence-corrected chi connectivity index (χ0v) is 9.66. The highest BCUT2D eigenvalue weighted by molar-refractivity contribution is 6.20. The van der Waals surface area contributed by atoms with E-state index in [1.165, 1.54) is 6.07 Å². The lowest BCUT2D eigenvalue weighted by Crippen LogP contribution is -1.97. The van der Waals surface area contributed by atoms with Gasteiger partial charge in [0, 0.05) is 12.4 Å². The molecule has 0 aliphatic carbocycles. The van der Waals surface area contributed by atoms with Crippen LogP contribution in [0.4, 0.5) is 8.78 Å². The molecule has 0 spiro atoms. The number of pyridine rings is 1. The van der Waals surface area contributed by atoms with Gasteiger partial charge in [-0.15, -0.1) is 11.6 Å². The maximum atomic E-state index is 13.0. The predicted molar refractivity (Wildman–Crippen MR) is 62.9 cm³/mol. The van der Waals surface area contributed by atoms with E-state index in [2.05, 4.69) is 4.98 Å². The molecule has 1 heterocycles. The summed E-state index contributed by atoms with van der Waals surface area (Å²) in [5.74, 6) is -1.73. The van der Waals surface area contributed by atoms with E-state index >= 15 is 0 Å². The van der Waals surface area contributed by atoms with Crippen molar-refractivity contribution in [2.75, 3.05) is 0 Å². The Kier molecular flexibility index (Phi) is 3.69. The first-order valence-corrected chi connectivity index (χ1v) is 5.58. The second-order valence-electron chi connectivity index (χ2n) is 3.70. The summed E-state index contributed by atoms with van der Waals surface area (Å²) < 4.78 is 25.8. The van der Waals surface area contributed by atoms with Crippen LogP contribution in [0.15, 0.2) is 42.7 Å². The van der Waals surface area contributed by atoms with Crippen molar-refractivity contribution in [1.29, 1.82) is 0 Å². The molecule has 2 rings (SSSR count). The maximum absolute atomic E-state index is 13.0. The second-order valence-corrected chi connectivity index (χ2v) is 4.23. The van der Waals surface area contributed by atoms with Crippen molar-refractivity contribution in [3.63, 3.8) is 0 Å². The molecular weight excluding hydrogens is 244 g/mol. The highest BCUT2D eigenvalue weighted by Crippen LogP contribution is 2.25. The molecule has 0 amide bonds. The molecule has 0 fully saturated rings. The van der Waals surface area contributed by atoms with Gasteiger partial charge in [-0.1, -0.05) is 6.07 Å². The van der Waals surface area contributed by atoms with Gasteiger partial charge >= 0.3 is 0 Å². The smallest absolute Gasteiger partial charge is 0.159 e. The minimum absolute atomic E-state index is 0.382. The molecule has 1 aromatic heterocycles. The Morgan fingerprint density at radius 3 is 2.41 bits per heavy atom. The quantitative estimate of drug-likeness (QED) is 0.757. The van der Waals surface area contributed by atoms with E-state index in [-0.39, 0.29) is 5.38 Å². The van der Waals surface area contributed by atoms with Crippen LogP contribution in [0.1, 0.15) is 16.5 Å². The number of nitrogens with zero attached hydrogens (tertiary/aromatic N) is 1. The van der Waals surface area contributed by atoms with Gasteiger partial charge < -0.3 is 0 Å². The number of aromatic nitrogens is 1. The van der Waals surface area contributed by atoms with Crippen LogP contribution in [-0.4, -0.2) is 4.98 Å². The zero-order valence-electron chi connectivity index (χ0n) is 8.91. The molecule has 0 radical (unpaired) electrons. The Bertz CT molecular complexity index is 502. The molecule has 4 heteroatoms. The van der Waals surface area contributed by atoms with Gasteiger partial charge in [-0.3, -0.25) is 4.98 Å². The van der Waals surface area contributed by atoms with Crippen LogP contribution in [0.2, 0.25) is 0 Å². The Morgan fingerprint density at radius 1 is 1.06 bits per heavy atom. The van der Waals surface area contributed by atoms with Gasteiger partial charge in [-0.05, 0) is 41.8 Å². The average Bonchev–Trinajstić information content (AvgIpc) is 2.34. The number of rotatable bonds is 3. The van der Waals surface area contributed by atoms with Crippen molar-refractivity contribution in [3.05, 3.63) is 65.5 Å². The van der Waals surface area contributed by atoms with E-state index in [1.807, 2.05) is 12.1 Å². The summed E-state index contributed by atoms with van der Waals surface area (Å²) in [6.07, 6.45) is 3.89. The van der Waals surface area contributed by atoms with Gasteiger partial charge in [0.2, 0.25) is 0 Å². The lowest BCUT2D eigenvalue weighted by atomic mass is 10.0. The maximum Gasteiger partial charge on any atom is 0.159 e. The lowest BCUT2D eigenvalue weighted by Gasteiger charge is -2.10. The van der Waals surface area contributed by atoms with Gasteiger partial charge in [-0.2, -0.15) is 0 Å². The van der Waals surface area contributed by atoms with Crippen molar-refractivity contribution >= 4 is 11.6 Å². The van der Waals surface area contributed by atoms with Crippen LogP contribution < -0.4 is 0 Å². The van der Waals surface area contributed by atoms with Crippen LogP contribution in [0.3, 0.4) is 0 Å². The van der Waals surface area contributed by atoms with Crippen molar-refractivity contribution in [3.8, 4) is 0 Å². The molecule has 0 aliphatic heterocycles. The van der Waals surface area contributed by atoms with E-state index in [1.54, 1.807) is 12.4 Å². The molecule has 0 saturated heterocycles. The van der Waals surface area contributed by atoms with E-state index in [0.29, 0.717) is 12.0 Å². The number of hydrogen-bond donors (Lipinski definition) is 0. The standard InChI is InChI=1S/C13H10ClF2N/c14-11(7-9-3-5-17-6-4-9)10-1-2-12(15)13(16)8-10/h1-6,8,11H,7H2. The Balaban J connectivity index is 2.14. The van der Waals surface area contributed by atoms with Crippen LogP contribution >= 0.6 is 11.6 Å². The second kappa shape index (κ2) is 5.23. The van der Waals surface area contributed by atoms with E-state index < -0.39 is 11.6 Å². The monoisotopic (exact) mass is 253 g/mol. The van der Waals surface area contributed by atoms with Gasteiger partial charge in [0.1, 0.15) is 0 Å². The number of halogens is 3. The van der Waals surface area contributed by atoms with Gasteiger partial charge in [-0.25, -0.2) is 8.78 Å². The SMILES string of the molecule is Fc1ccc(C(Cl)Cc2ccncc2)cc1F. The van der Waals surface area contributed by atoms with Gasteiger partial charge in [0.05, 0.1) is 5.38 Å².